The number of nitrogens with one attached hydrogen (secondary N) is 1. The van der Waals surface area contributed by atoms with E-state index in [1.807, 2.05) is 11.8 Å². The molecule has 2 saturated heterocycles. The van der Waals surface area contributed by atoms with Crippen molar-refractivity contribution in [2.75, 3.05) is 6.54 Å². The molecule has 1 amide bonds. The highest BCUT2D eigenvalue weighted by molar-refractivity contribution is 8.04. The highest BCUT2D eigenvalue weighted by Crippen LogP contribution is 2.52. The fourth-order valence-electron chi connectivity index (χ4n) is 2.94. The van der Waals surface area contributed by atoms with Gasteiger partial charge in [0.2, 0.25) is 5.91 Å². The Kier molecular flexibility index (Phi) is 2.08. The molecule has 76 valence electrons. The first-order chi connectivity index (χ1) is 6.86. The number of allylic oxidation sites excluding steroid dienone is 2. The molecule has 3 atom stereocenters. The lowest BCUT2D eigenvalue weighted by Gasteiger charge is -2.28. The first-order valence-electron chi connectivity index (χ1n) is 5.50. The number of hydrogen-bond donors (Lipinski definition) is 1. The lowest BCUT2D eigenvalue weighted by Crippen LogP contribution is -2.43. The third kappa shape index (κ3) is 1.22. The molecular formula is C11H15NOS. The third-order valence-electron chi connectivity index (χ3n) is 3.63. The Labute approximate surface area is 88.5 Å². The average molecular weight is 209 g/mol. The van der Waals surface area contributed by atoms with Gasteiger partial charge in [-0.05, 0) is 42.4 Å². The van der Waals surface area contributed by atoms with Gasteiger partial charge in [0, 0.05) is 6.54 Å². The van der Waals surface area contributed by atoms with E-state index >= 15 is 0 Å². The number of amides is 1. The van der Waals surface area contributed by atoms with Crippen LogP contribution >= 0.6 is 11.8 Å². The molecule has 3 aliphatic rings. The van der Waals surface area contributed by atoms with Gasteiger partial charge < -0.3 is 5.32 Å². The van der Waals surface area contributed by atoms with Crippen LogP contribution in [0.15, 0.2) is 11.0 Å². The highest BCUT2D eigenvalue weighted by Gasteiger charge is 2.45. The summed E-state index contributed by atoms with van der Waals surface area (Å²) in [4.78, 5) is 13.2. The summed E-state index contributed by atoms with van der Waals surface area (Å²) in [5.74, 6) is 1.65. The topological polar surface area (TPSA) is 29.1 Å². The van der Waals surface area contributed by atoms with E-state index in [2.05, 4.69) is 11.4 Å². The SMILES string of the molecule is O=C1NCCC2C3CCCC=C3SC12. The number of rotatable bonds is 0. The van der Waals surface area contributed by atoms with E-state index < -0.39 is 0 Å². The predicted molar refractivity (Wildman–Crippen MR) is 57.9 cm³/mol. The summed E-state index contributed by atoms with van der Waals surface area (Å²) < 4.78 is 0. The lowest BCUT2D eigenvalue weighted by molar-refractivity contribution is -0.123. The average Bonchev–Trinajstić information content (AvgIpc) is 2.59. The first-order valence-corrected chi connectivity index (χ1v) is 6.38. The largest absolute Gasteiger partial charge is 0.355 e. The Hall–Kier alpha value is -0.440. The molecular weight excluding hydrogens is 194 g/mol. The smallest absolute Gasteiger partial charge is 0.233 e. The fraction of sp³-hybridized carbons (Fsp3) is 0.727. The van der Waals surface area contributed by atoms with Crippen molar-refractivity contribution < 1.29 is 4.79 Å². The van der Waals surface area contributed by atoms with Gasteiger partial charge in [0.1, 0.15) is 0 Å². The van der Waals surface area contributed by atoms with Crippen LogP contribution in [0, 0.1) is 11.8 Å². The highest BCUT2D eigenvalue weighted by atomic mass is 32.2. The molecule has 0 bridgehead atoms. The second kappa shape index (κ2) is 3.30. The van der Waals surface area contributed by atoms with Gasteiger partial charge in [0.15, 0.2) is 0 Å². The second-order valence-corrected chi connectivity index (χ2v) is 5.64. The molecule has 0 saturated carbocycles. The van der Waals surface area contributed by atoms with Crippen LogP contribution in [0.3, 0.4) is 0 Å². The molecule has 0 aromatic rings. The van der Waals surface area contributed by atoms with Crippen LogP contribution in [0.5, 0.6) is 0 Å². The van der Waals surface area contributed by atoms with E-state index in [0.29, 0.717) is 5.92 Å². The van der Waals surface area contributed by atoms with Crippen LogP contribution in [0.4, 0.5) is 0 Å². The molecule has 2 heterocycles. The molecule has 3 rings (SSSR count). The maximum atomic E-state index is 11.7. The molecule has 3 heteroatoms. The number of hydrogen-bond acceptors (Lipinski definition) is 2. The van der Waals surface area contributed by atoms with Gasteiger partial charge >= 0.3 is 0 Å². The van der Waals surface area contributed by atoms with Crippen LogP contribution in [0.25, 0.3) is 0 Å². The van der Waals surface area contributed by atoms with Crippen molar-refractivity contribution in [3.63, 3.8) is 0 Å². The molecule has 2 aliphatic heterocycles. The monoisotopic (exact) mass is 209 g/mol. The standard InChI is InChI=1S/C11H15NOS/c13-11-10-8(5-6-12-11)7-3-1-2-4-9(7)14-10/h4,7-8,10H,1-3,5-6H2,(H,12,13). The van der Waals surface area contributed by atoms with Gasteiger partial charge in [-0.3, -0.25) is 4.79 Å². The predicted octanol–water partition coefficient (Wildman–Crippen LogP) is 1.92. The molecule has 3 unspecified atom stereocenters. The number of piperidine rings is 1. The number of fused-ring (bicyclic) bond motifs is 3. The number of carbonyl (C=O) groups is 1. The summed E-state index contributed by atoms with van der Waals surface area (Å²) >= 11 is 1.84. The summed E-state index contributed by atoms with van der Waals surface area (Å²) in [6, 6.07) is 0. The normalized spacial score (nSPS) is 41.0. The van der Waals surface area contributed by atoms with Crippen LogP contribution in [0.1, 0.15) is 25.7 Å². The fourth-order valence-corrected chi connectivity index (χ4v) is 4.61. The summed E-state index contributed by atoms with van der Waals surface area (Å²) in [5.41, 5.74) is 0. The van der Waals surface area contributed by atoms with Crippen LogP contribution < -0.4 is 5.32 Å². The van der Waals surface area contributed by atoms with Crippen molar-refractivity contribution >= 4 is 17.7 Å². The number of carbonyl (C=O) groups excluding carboxylic acids is 1. The second-order valence-electron chi connectivity index (χ2n) is 4.43. The molecule has 2 fully saturated rings. The van der Waals surface area contributed by atoms with E-state index in [4.69, 9.17) is 0 Å². The van der Waals surface area contributed by atoms with E-state index in [1.165, 1.54) is 30.6 Å². The number of thioether (sulfide) groups is 1. The minimum Gasteiger partial charge on any atom is -0.355 e. The van der Waals surface area contributed by atoms with E-state index in [0.717, 1.165) is 12.5 Å². The molecule has 0 aromatic carbocycles. The van der Waals surface area contributed by atoms with E-state index in [1.54, 1.807) is 0 Å². The first kappa shape index (κ1) is 8.84. The van der Waals surface area contributed by atoms with Gasteiger partial charge in [-0.2, -0.15) is 0 Å². The van der Waals surface area contributed by atoms with Crippen molar-refractivity contribution in [3.8, 4) is 0 Å². The summed E-state index contributed by atoms with van der Waals surface area (Å²) in [5, 5.41) is 3.21. The molecule has 2 nitrogen and oxygen atoms in total. The van der Waals surface area contributed by atoms with Gasteiger partial charge in [-0.25, -0.2) is 0 Å². The van der Waals surface area contributed by atoms with Crippen molar-refractivity contribution in [1.29, 1.82) is 0 Å². The summed E-state index contributed by atoms with van der Waals surface area (Å²) in [6.07, 6.45) is 7.41. The Balaban J connectivity index is 1.90. The molecule has 0 radical (unpaired) electrons. The maximum Gasteiger partial charge on any atom is 0.233 e. The zero-order valence-electron chi connectivity index (χ0n) is 8.16. The zero-order valence-corrected chi connectivity index (χ0v) is 8.98. The minimum atomic E-state index is 0.234. The van der Waals surface area contributed by atoms with Gasteiger partial charge in [-0.1, -0.05) is 6.08 Å². The van der Waals surface area contributed by atoms with Crippen molar-refractivity contribution in [1.82, 2.24) is 5.32 Å². The maximum absolute atomic E-state index is 11.7. The van der Waals surface area contributed by atoms with Gasteiger partial charge in [-0.15, -0.1) is 11.8 Å². The van der Waals surface area contributed by atoms with Crippen molar-refractivity contribution in [2.45, 2.75) is 30.9 Å². The van der Waals surface area contributed by atoms with Crippen LogP contribution in [-0.2, 0) is 4.79 Å². The molecule has 0 spiro atoms. The molecule has 1 aliphatic carbocycles. The Morgan fingerprint density at radius 2 is 2.36 bits per heavy atom. The van der Waals surface area contributed by atoms with Crippen molar-refractivity contribution in [2.24, 2.45) is 11.8 Å². The summed E-state index contributed by atoms with van der Waals surface area (Å²) in [7, 11) is 0. The van der Waals surface area contributed by atoms with E-state index in [9.17, 15) is 4.79 Å². The molecule has 1 N–H and O–H groups in total. The Morgan fingerprint density at radius 1 is 1.43 bits per heavy atom. The van der Waals surface area contributed by atoms with Crippen LogP contribution in [0.2, 0.25) is 0 Å². The molecule has 0 aromatic heterocycles. The quantitative estimate of drug-likeness (QED) is 0.660. The Morgan fingerprint density at radius 3 is 3.29 bits per heavy atom. The Bertz CT molecular complexity index is 298. The van der Waals surface area contributed by atoms with Gasteiger partial charge in [0.05, 0.1) is 5.25 Å². The lowest BCUT2D eigenvalue weighted by atomic mass is 9.79. The van der Waals surface area contributed by atoms with Crippen molar-refractivity contribution in [3.05, 3.63) is 11.0 Å². The third-order valence-corrected chi connectivity index (χ3v) is 5.19. The van der Waals surface area contributed by atoms with Crippen LogP contribution in [-0.4, -0.2) is 17.7 Å². The summed E-state index contributed by atoms with van der Waals surface area (Å²) in [6.45, 7) is 0.893. The van der Waals surface area contributed by atoms with Gasteiger partial charge in [0.25, 0.3) is 0 Å². The van der Waals surface area contributed by atoms with E-state index in [-0.39, 0.29) is 11.2 Å². The zero-order chi connectivity index (χ0) is 9.54. The minimum absolute atomic E-state index is 0.234. The molecule has 14 heavy (non-hydrogen) atoms.